The van der Waals surface area contributed by atoms with Crippen molar-refractivity contribution < 1.29 is 9.59 Å². The first-order valence-electron chi connectivity index (χ1n) is 9.30. The number of halogens is 1. The normalized spacial score (nSPS) is 19.0. The monoisotopic (exact) mass is 400 g/mol. The average molecular weight is 401 g/mol. The van der Waals surface area contributed by atoms with Crippen LogP contribution in [0.4, 0.5) is 23.3 Å². The fourth-order valence-electron chi connectivity index (χ4n) is 3.64. The number of nitrogens with two attached hydrogens (primary N) is 1. The molecule has 3 heterocycles. The number of amides is 2. The van der Waals surface area contributed by atoms with E-state index in [1.54, 1.807) is 24.3 Å². The zero-order chi connectivity index (χ0) is 19.7. The van der Waals surface area contributed by atoms with Crippen LogP contribution < -0.4 is 21.3 Å². The van der Waals surface area contributed by atoms with Crippen molar-refractivity contribution in [3.8, 4) is 0 Å². The summed E-state index contributed by atoms with van der Waals surface area (Å²) in [4.78, 5) is 36.1. The van der Waals surface area contributed by atoms with Crippen molar-refractivity contribution in [2.45, 2.75) is 31.6 Å². The van der Waals surface area contributed by atoms with Crippen molar-refractivity contribution in [2.75, 3.05) is 34.4 Å². The Hall–Kier alpha value is -2.87. The van der Waals surface area contributed by atoms with Gasteiger partial charge in [-0.05, 0) is 37.5 Å². The van der Waals surface area contributed by atoms with E-state index in [0.717, 1.165) is 25.9 Å². The summed E-state index contributed by atoms with van der Waals surface area (Å²) in [5.41, 5.74) is 7.22. The number of hydrogen-bond donors (Lipinski definition) is 3. The van der Waals surface area contributed by atoms with Crippen LogP contribution in [0.25, 0.3) is 0 Å². The van der Waals surface area contributed by atoms with Crippen molar-refractivity contribution in [3.05, 3.63) is 34.9 Å². The summed E-state index contributed by atoms with van der Waals surface area (Å²) in [7, 11) is 0. The Morgan fingerprint density at radius 3 is 2.79 bits per heavy atom. The van der Waals surface area contributed by atoms with Crippen LogP contribution in [-0.4, -0.2) is 34.9 Å². The third kappa shape index (κ3) is 3.73. The summed E-state index contributed by atoms with van der Waals surface area (Å²) in [6, 6.07) is 6.83. The molecule has 8 nitrogen and oxygen atoms in total. The maximum Gasteiger partial charge on any atom is 0.232 e. The second kappa shape index (κ2) is 7.63. The largest absolute Gasteiger partial charge is 0.383 e. The number of fused-ring (bicyclic) bond motifs is 1. The third-order valence-electron chi connectivity index (χ3n) is 5.01. The predicted molar refractivity (Wildman–Crippen MR) is 109 cm³/mol. The fourth-order valence-corrected chi connectivity index (χ4v) is 3.83. The Morgan fingerprint density at radius 2 is 2.04 bits per heavy atom. The van der Waals surface area contributed by atoms with Gasteiger partial charge in [-0.25, -0.2) is 0 Å². The molecule has 1 aromatic carbocycles. The van der Waals surface area contributed by atoms with Gasteiger partial charge in [-0.1, -0.05) is 17.7 Å². The Bertz CT molecular complexity index is 929. The van der Waals surface area contributed by atoms with Gasteiger partial charge >= 0.3 is 0 Å². The molecule has 0 unspecified atom stereocenters. The molecule has 9 heteroatoms. The van der Waals surface area contributed by atoms with Gasteiger partial charge in [0.15, 0.2) is 0 Å². The highest BCUT2D eigenvalue weighted by Crippen LogP contribution is 2.37. The first-order valence-corrected chi connectivity index (χ1v) is 9.67. The zero-order valence-corrected chi connectivity index (χ0v) is 16.0. The second-order valence-corrected chi connectivity index (χ2v) is 7.46. The maximum absolute atomic E-state index is 12.9. The highest BCUT2D eigenvalue weighted by atomic mass is 35.5. The molecule has 28 heavy (non-hydrogen) atoms. The fraction of sp³-hybridized carbons (Fsp3) is 0.368. The number of benzene rings is 1. The minimum atomic E-state index is -0.766. The molecule has 2 aromatic rings. The molecule has 0 radical (unpaired) electrons. The molecule has 0 spiro atoms. The Kier molecular flexibility index (Phi) is 5.04. The summed E-state index contributed by atoms with van der Waals surface area (Å²) in [6.45, 7) is 1.70. The molecule has 2 aliphatic rings. The predicted octanol–water partition coefficient (Wildman–Crippen LogP) is 2.77. The number of piperidine rings is 1. The van der Waals surface area contributed by atoms with Gasteiger partial charge in [-0.15, -0.1) is 0 Å². The van der Waals surface area contributed by atoms with Crippen molar-refractivity contribution in [3.63, 3.8) is 0 Å². The molecule has 4 N–H and O–H groups in total. The summed E-state index contributed by atoms with van der Waals surface area (Å²) in [5.74, 6) is -0.363. The van der Waals surface area contributed by atoms with Crippen LogP contribution >= 0.6 is 11.6 Å². The molecule has 2 amide bonds. The van der Waals surface area contributed by atoms with E-state index in [1.807, 2.05) is 0 Å². The van der Waals surface area contributed by atoms with Gasteiger partial charge in [0.1, 0.15) is 11.6 Å². The van der Waals surface area contributed by atoms with Gasteiger partial charge in [0.05, 0.1) is 11.5 Å². The lowest BCUT2D eigenvalue weighted by Crippen LogP contribution is -2.35. The molecule has 146 valence electrons. The van der Waals surface area contributed by atoms with Crippen LogP contribution in [0.3, 0.4) is 0 Å². The smallest absolute Gasteiger partial charge is 0.232 e. The van der Waals surface area contributed by atoms with Gasteiger partial charge in [0.2, 0.25) is 17.8 Å². The highest BCUT2D eigenvalue weighted by Gasteiger charge is 2.35. The summed E-state index contributed by atoms with van der Waals surface area (Å²) in [6.07, 6.45) is 3.30. The lowest BCUT2D eigenvalue weighted by molar-refractivity contribution is -0.123. The molecule has 4 rings (SSSR count). The van der Waals surface area contributed by atoms with E-state index in [4.69, 9.17) is 17.3 Å². The van der Waals surface area contributed by atoms with Gasteiger partial charge in [-0.2, -0.15) is 9.97 Å². The van der Waals surface area contributed by atoms with Crippen molar-refractivity contribution in [1.82, 2.24) is 9.97 Å². The number of hydrogen-bond acceptors (Lipinski definition) is 6. The Morgan fingerprint density at radius 1 is 1.25 bits per heavy atom. The summed E-state index contributed by atoms with van der Waals surface area (Å²) in [5, 5.41) is 6.04. The molecule has 1 saturated heterocycles. The molecule has 0 bridgehead atoms. The minimum absolute atomic E-state index is 0.0178. The Balaban J connectivity index is 1.64. The third-order valence-corrected chi connectivity index (χ3v) is 5.24. The first-order chi connectivity index (χ1) is 13.5. The van der Waals surface area contributed by atoms with E-state index in [1.165, 1.54) is 6.42 Å². The number of nitrogens with zero attached hydrogens (tertiary/aromatic N) is 3. The standard InChI is InChI=1S/C19H21ClN6O2/c20-11-5-4-6-12(9-11)22-18(28)13-10-14(27)23-17-15(13)16(21)24-19(25-17)26-7-2-1-3-8-26/h4-6,9,13H,1-3,7-8,10H2,(H,22,28)(H3,21,23,24,25,27)/t13-/m0/s1. The molecule has 1 aromatic heterocycles. The van der Waals surface area contributed by atoms with Crippen LogP contribution in [0.15, 0.2) is 24.3 Å². The van der Waals surface area contributed by atoms with Crippen molar-refractivity contribution in [1.29, 1.82) is 0 Å². The van der Waals surface area contributed by atoms with Crippen LogP contribution in [0.1, 0.15) is 37.2 Å². The summed E-state index contributed by atoms with van der Waals surface area (Å²) >= 11 is 5.97. The van der Waals surface area contributed by atoms with Gasteiger partial charge in [0, 0.05) is 30.2 Å². The van der Waals surface area contributed by atoms with Crippen LogP contribution in [-0.2, 0) is 9.59 Å². The lowest BCUT2D eigenvalue weighted by atomic mass is 9.92. The first kappa shape index (κ1) is 18.5. The average Bonchev–Trinajstić information content (AvgIpc) is 2.67. The molecule has 1 fully saturated rings. The SMILES string of the molecule is Nc1nc(N2CCCCC2)nc2c1[C@@H](C(=O)Nc1cccc(Cl)c1)CC(=O)N2. The highest BCUT2D eigenvalue weighted by molar-refractivity contribution is 6.30. The number of carbonyl (C=O) groups is 2. The van der Waals surface area contributed by atoms with Crippen LogP contribution in [0.5, 0.6) is 0 Å². The quantitative estimate of drug-likeness (QED) is 0.730. The van der Waals surface area contributed by atoms with Crippen molar-refractivity contribution in [2.24, 2.45) is 0 Å². The number of nitrogens with one attached hydrogen (secondary N) is 2. The van der Waals surface area contributed by atoms with E-state index < -0.39 is 5.92 Å². The molecular formula is C19H21ClN6O2. The number of aromatic nitrogens is 2. The zero-order valence-electron chi connectivity index (χ0n) is 15.2. The summed E-state index contributed by atoms with van der Waals surface area (Å²) < 4.78 is 0. The van der Waals surface area contributed by atoms with Crippen molar-refractivity contribution >= 4 is 46.7 Å². The van der Waals surface area contributed by atoms with Gasteiger partial charge in [0.25, 0.3) is 0 Å². The molecule has 2 aliphatic heterocycles. The van der Waals surface area contributed by atoms with Crippen LogP contribution in [0, 0.1) is 0 Å². The number of rotatable bonds is 3. The lowest BCUT2D eigenvalue weighted by Gasteiger charge is -2.30. The number of anilines is 4. The van der Waals surface area contributed by atoms with Gasteiger partial charge in [-0.3, -0.25) is 9.59 Å². The van der Waals surface area contributed by atoms with E-state index in [-0.39, 0.29) is 24.1 Å². The minimum Gasteiger partial charge on any atom is -0.383 e. The van der Waals surface area contributed by atoms with E-state index in [2.05, 4.69) is 25.5 Å². The van der Waals surface area contributed by atoms with E-state index in [0.29, 0.717) is 28.0 Å². The topological polar surface area (TPSA) is 113 Å². The Labute approximate surface area is 167 Å². The van der Waals surface area contributed by atoms with E-state index in [9.17, 15) is 9.59 Å². The van der Waals surface area contributed by atoms with E-state index >= 15 is 0 Å². The number of nitrogen functional groups attached to an aromatic ring is 1. The molecule has 1 atom stereocenters. The maximum atomic E-state index is 12.9. The van der Waals surface area contributed by atoms with Crippen LogP contribution in [0.2, 0.25) is 5.02 Å². The number of carbonyl (C=O) groups excluding carboxylic acids is 2. The molecular weight excluding hydrogens is 380 g/mol. The second-order valence-electron chi connectivity index (χ2n) is 7.02. The van der Waals surface area contributed by atoms with Gasteiger partial charge < -0.3 is 21.3 Å². The molecule has 0 saturated carbocycles. The molecule has 0 aliphatic carbocycles.